The summed E-state index contributed by atoms with van der Waals surface area (Å²) in [7, 11) is 0. The number of anilines is 1. The Bertz CT molecular complexity index is 1170. The molecule has 3 aromatic rings. The number of nitrogens with one attached hydrogen (secondary N) is 2. The number of aromatic nitrogens is 1. The van der Waals surface area contributed by atoms with E-state index in [0.29, 0.717) is 5.02 Å². The highest BCUT2D eigenvalue weighted by molar-refractivity contribution is 6.30. The Kier molecular flexibility index (Phi) is 6.93. The molecule has 2 aromatic carbocycles. The van der Waals surface area contributed by atoms with E-state index in [0.717, 1.165) is 40.3 Å². The Morgan fingerprint density at radius 1 is 1.12 bits per heavy atom. The SMILES string of the molecule is Cc1ccc(Cl)cc1-n1c(C)cc(/C=N\NC(=O)CNc2cccc(C(F)(F)F)c2)c1C. The van der Waals surface area contributed by atoms with Gasteiger partial charge >= 0.3 is 6.18 Å². The van der Waals surface area contributed by atoms with Crippen LogP contribution in [0.5, 0.6) is 0 Å². The van der Waals surface area contributed by atoms with Crippen LogP contribution in [0.2, 0.25) is 5.02 Å². The second-order valence-electron chi connectivity index (χ2n) is 7.32. The number of carbonyl (C=O) groups excluding carboxylic acids is 1. The average Bonchev–Trinajstić information content (AvgIpc) is 3.01. The molecule has 5 nitrogen and oxygen atoms in total. The maximum absolute atomic E-state index is 12.8. The van der Waals surface area contributed by atoms with Gasteiger partial charge in [0, 0.05) is 33.3 Å². The molecule has 32 heavy (non-hydrogen) atoms. The molecule has 1 amide bonds. The molecule has 9 heteroatoms. The number of hydrazone groups is 1. The van der Waals surface area contributed by atoms with Crippen LogP contribution < -0.4 is 10.7 Å². The zero-order valence-corrected chi connectivity index (χ0v) is 18.5. The summed E-state index contributed by atoms with van der Waals surface area (Å²) < 4.78 is 40.4. The average molecular weight is 463 g/mol. The first-order valence-electron chi connectivity index (χ1n) is 9.75. The van der Waals surface area contributed by atoms with Gasteiger partial charge in [-0.2, -0.15) is 18.3 Å². The van der Waals surface area contributed by atoms with Gasteiger partial charge in [-0.15, -0.1) is 0 Å². The van der Waals surface area contributed by atoms with Gasteiger partial charge in [-0.25, -0.2) is 5.43 Å². The summed E-state index contributed by atoms with van der Waals surface area (Å²) in [5, 5.41) is 7.27. The van der Waals surface area contributed by atoms with E-state index in [4.69, 9.17) is 11.6 Å². The maximum atomic E-state index is 12.8. The molecular formula is C23H22ClF3N4O. The maximum Gasteiger partial charge on any atom is 0.416 e. The number of nitrogens with zero attached hydrogens (tertiary/aromatic N) is 2. The third-order valence-corrected chi connectivity index (χ3v) is 5.15. The van der Waals surface area contributed by atoms with Crippen LogP contribution in [-0.2, 0) is 11.0 Å². The van der Waals surface area contributed by atoms with E-state index in [2.05, 4.69) is 20.4 Å². The molecule has 0 radical (unpaired) electrons. The largest absolute Gasteiger partial charge is 0.416 e. The zero-order chi connectivity index (χ0) is 23.5. The quantitative estimate of drug-likeness (QED) is 0.368. The van der Waals surface area contributed by atoms with Crippen LogP contribution in [0.4, 0.5) is 18.9 Å². The van der Waals surface area contributed by atoms with Crippen molar-refractivity contribution in [1.29, 1.82) is 0 Å². The van der Waals surface area contributed by atoms with E-state index in [1.807, 2.05) is 45.0 Å². The molecule has 0 bridgehead atoms. The standard InChI is InChI=1S/C23H22ClF3N4O/c1-14-7-8-19(24)11-21(14)31-15(2)9-17(16(31)3)12-29-30-22(32)13-28-20-6-4-5-18(10-20)23(25,26)27/h4-12,28H,13H2,1-3H3,(H,30,32)/b29-12-. The van der Waals surface area contributed by atoms with Crippen LogP contribution in [0.1, 0.15) is 28.1 Å². The Hall–Kier alpha value is -3.26. The smallest absolute Gasteiger partial charge is 0.376 e. The summed E-state index contributed by atoms with van der Waals surface area (Å²) in [4.78, 5) is 12.0. The van der Waals surface area contributed by atoms with Crippen molar-refractivity contribution in [3.63, 3.8) is 0 Å². The van der Waals surface area contributed by atoms with Crippen LogP contribution in [0.25, 0.3) is 5.69 Å². The van der Waals surface area contributed by atoms with Crippen molar-refractivity contribution in [1.82, 2.24) is 9.99 Å². The number of alkyl halides is 3. The normalized spacial score (nSPS) is 11.7. The van der Waals surface area contributed by atoms with E-state index < -0.39 is 17.6 Å². The minimum Gasteiger partial charge on any atom is -0.376 e. The zero-order valence-electron chi connectivity index (χ0n) is 17.7. The number of rotatable bonds is 6. The van der Waals surface area contributed by atoms with Gasteiger partial charge in [-0.1, -0.05) is 23.7 Å². The van der Waals surface area contributed by atoms with Gasteiger partial charge in [0.1, 0.15) is 0 Å². The summed E-state index contributed by atoms with van der Waals surface area (Å²) >= 11 is 6.15. The molecule has 0 unspecified atom stereocenters. The molecule has 0 aliphatic heterocycles. The Morgan fingerprint density at radius 2 is 1.88 bits per heavy atom. The lowest BCUT2D eigenvalue weighted by molar-refractivity contribution is -0.137. The van der Waals surface area contributed by atoms with Gasteiger partial charge in [0.05, 0.1) is 18.3 Å². The summed E-state index contributed by atoms with van der Waals surface area (Å²) in [6.07, 6.45) is -2.92. The Morgan fingerprint density at radius 3 is 2.59 bits per heavy atom. The highest BCUT2D eigenvalue weighted by atomic mass is 35.5. The third kappa shape index (κ3) is 5.50. The van der Waals surface area contributed by atoms with Gasteiger partial charge in [0.2, 0.25) is 0 Å². The summed E-state index contributed by atoms with van der Waals surface area (Å²) in [6.45, 7) is 5.67. The van der Waals surface area contributed by atoms with Crippen LogP contribution in [0.15, 0.2) is 53.6 Å². The number of carbonyl (C=O) groups is 1. The minimum absolute atomic E-state index is 0.194. The molecule has 0 spiro atoms. The molecule has 3 rings (SSSR count). The van der Waals surface area contributed by atoms with Gasteiger partial charge < -0.3 is 9.88 Å². The number of halogens is 4. The van der Waals surface area contributed by atoms with Crippen molar-refractivity contribution in [3.05, 3.63) is 81.6 Å². The summed E-state index contributed by atoms with van der Waals surface area (Å²) in [6, 6.07) is 12.3. The number of aryl methyl sites for hydroxylation is 2. The van der Waals surface area contributed by atoms with Crippen LogP contribution >= 0.6 is 11.6 Å². The fourth-order valence-corrected chi connectivity index (χ4v) is 3.48. The molecule has 0 saturated heterocycles. The van der Waals surface area contributed by atoms with Crippen molar-refractivity contribution < 1.29 is 18.0 Å². The second-order valence-corrected chi connectivity index (χ2v) is 7.75. The van der Waals surface area contributed by atoms with Crippen molar-refractivity contribution in [2.24, 2.45) is 5.10 Å². The van der Waals surface area contributed by atoms with E-state index in [1.54, 1.807) is 0 Å². The van der Waals surface area contributed by atoms with Gasteiger partial charge in [-0.05, 0) is 62.7 Å². The van der Waals surface area contributed by atoms with E-state index in [1.165, 1.54) is 18.3 Å². The van der Waals surface area contributed by atoms with Crippen LogP contribution in [-0.4, -0.2) is 23.2 Å². The highest BCUT2D eigenvalue weighted by Gasteiger charge is 2.30. The summed E-state index contributed by atoms with van der Waals surface area (Å²) in [5.74, 6) is -0.488. The first-order chi connectivity index (χ1) is 15.1. The molecule has 1 heterocycles. The molecule has 0 fully saturated rings. The topological polar surface area (TPSA) is 58.4 Å². The first-order valence-corrected chi connectivity index (χ1v) is 10.1. The van der Waals surface area contributed by atoms with E-state index in [9.17, 15) is 18.0 Å². The predicted molar refractivity (Wildman–Crippen MR) is 121 cm³/mol. The van der Waals surface area contributed by atoms with E-state index in [-0.39, 0.29) is 12.2 Å². The molecule has 0 aliphatic carbocycles. The fourth-order valence-electron chi connectivity index (χ4n) is 3.31. The molecule has 0 aliphatic rings. The van der Waals surface area contributed by atoms with Crippen molar-refractivity contribution in [2.75, 3.05) is 11.9 Å². The molecule has 2 N–H and O–H groups in total. The fraction of sp³-hybridized carbons (Fsp3) is 0.217. The summed E-state index contributed by atoms with van der Waals surface area (Å²) in [5.41, 5.74) is 6.52. The predicted octanol–water partition coefficient (Wildman–Crippen LogP) is 5.64. The highest BCUT2D eigenvalue weighted by Crippen LogP contribution is 2.30. The molecule has 168 valence electrons. The monoisotopic (exact) mass is 462 g/mol. The third-order valence-electron chi connectivity index (χ3n) is 4.92. The Labute approximate surface area is 188 Å². The molecule has 0 saturated carbocycles. The van der Waals surface area contributed by atoms with Crippen molar-refractivity contribution in [2.45, 2.75) is 26.9 Å². The van der Waals surface area contributed by atoms with Crippen molar-refractivity contribution >= 4 is 29.4 Å². The first kappa shape index (κ1) is 23.4. The van der Waals surface area contributed by atoms with Crippen molar-refractivity contribution in [3.8, 4) is 5.69 Å². The number of amides is 1. The molecule has 1 aromatic heterocycles. The van der Waals surface area contributed by atoms with Crippen LogP contribution in [0, 0.1) is 20.8 Å². The van der Waals surface area contributed by atoms with Gasteiger partial charge in [0.25, 0.3) is 5.91 Å². The number of benzene rings is 2. The lowest BCUT2D eigenvalue weighted by Gasteiger charge is -2.13. The van der Waals surface area contributed by atoms with E-state index >= 15 is 0 Å². The van der Waals surface area contributed by atoms with Crippen LogP contribution in [0.3, 0.4) is 0 Å². The number of hydrogen-bond acceptors (Lipinski definition) is 3. The molecular weight excluding hydrogens is 441 g/mol. The van der Waals surface area contributed by atoms with Gasteiger partial charge in [-0.3, -0.25) is 4.79 Å². The number of hydrogen-bond donors (Lipinski definition) is 2. The molecule has 0 atom stereocenters. The Balaban J connectivity index is 1.64. The van der Waals surface area contributed by atoms with Gasteiger partial charge in [0.15, 0.2) is 0 Å². The lowest BCUT2D eigenvalue weighted by atomic mass is 10.2. The second kappa shape index (κ2) is 9.48. The minimum atomic E-state index is -4.44. The lowest BCUT2D eigenvalue weighted by Crippen LogP contribution is -2.26.